The molecule has 0 radical (unpaired) electrons. The number of fused-ring (bicyclic) bond motifs is 4. The fraction of sp³-hybridized carbons (Fsp3) is 0.320. The fourth-order valence-corrected chi connectivity index (χ4v) is 6.01. The van der Waals surface area contributed by atoms with Gasteiger partial charge in [-0.1, -0.05) is 6.07 Å². The number of nitrogens with zero attached hydrogens (tertiary/aromatic N) is 7. The Morgan fingerprint density at radius 2 is 2.05 bits per heavy atom. The summed E-state index contributed by atoms with van der Waals surface area (Å²) in [4.78, 5) is 27.6. The summed E-state index contributed by atoms with van der Waals surface area (Å²) in [6.45, 7) is 4.22. The second-order valence-corrected chi connectivity index (χ2v) is 10.9. The van der Waals surface area contributed by atoms with Crippen LogP contribution in [0, 0.1) is 6.92 Å². The average Bonchev–Trinajstić information content (AvgIpc) is 3.54. The van der Waals surface area contributed by atoms with E-state index in [0.717, 1.165) is 27.7 Å². The van der Waals surface area contributed by atoms with E-state index >= 15 is 0 Å². The maximum absolute atomic E-state index is 13.7. The summed E-state index contributed by atoms with van der Waals surface area (Å²) in [7, 11) is 3.53. The molecule has 0 fully saturated rings. The topological polar surface area (TPSA) is 109 Å². The van der Waals surface area contributed by atoms with Gasteiger partial charge in [0, 0.05) is 25.0 Å². The molecule has 1 aromatic carbocycles. The molecule has 4 aromatic rings. The average molecular weight is 647 g/mol. The molecule has 0 N–H and O–H groups in total. The minimum Gasteiger partial charge on any atom is -0.476 e. The number of esters is 1. The Labute approximate surface area is 234 Å². The number of carbonyl (C=O) groups is 2. The molecule has 13 heteroatoms. The van der Waals surface area contributed by atoms with E-state index in [4.69, 9.17) is 14.6 Å². The van der Waals surface area contributed by atoms with Crippen LogP contribution in [0.4, 0.5) is 0 Å². The SMILES string of the molecule is CCOC(=O)Cn1nc(C)c2c1C(=O)N(C)CCOc1c(cnn1C)-c1ccc3c(c1)c(nn3PI)/C=C/2. The third-order valence-electron chi connectivity index (χ3n) is 6.36. The molecular formula is C25H27IN7O4P. The molecule has 0 saturated heterocycles. The number of hydrogen-bond donors (Lipinski definition) is 0. The Morgan fingerprint density at radius 1 is 1.24 bits per heavy atom. The van der Waals surface area contributed by atoms with Gasteiger partial charge in [-0.05, 0) is 65.7 Å². The van der Waals surface area contributed by atoms with Gasteiger partial charge in [0.25, 0.3) is 5.91 Å². The van der Waals surface area contributed by atoms with Gasteiger partial charge in [-0.2, -0.15) is 15.3 Å². The van der Waals surface area contributed by atoms with Crippen molar-refractivity contribution in [1.29, 1.82) is 0 Å². The van der Waals surface area contributed by atoms with Crippen molar-refractivity contribution in [1.82, 2.24) is 34.0 Å². The quantitative estimate of drug-likeness (QED) is 0.188. The summed E-state index contributed by atoms with van der Waals surface area (Å²) in [5.74, 6) is -0.118. The molecule has 1 unspecified atom stereocenters. The van der Waals surface area contributed by atoms with E-state index in [1.165, 1.54) is 4.68 Å². The van der Waals surface area contributed by atoms with Crippen LogP contribution in [0.5, 0.6) is 5.88 Å². The highest BCUT2D eigenvalue weighted by atomic mass is 127. The zero-order valence-electron chi connectivity index (χ0n) is 21.4. The zero-order valence-corrected chi connectivity index (χ0v) is 24.6. The van der Waals surface area contributed by atoms with E-state index in [1.54, 1.807) is 29.7 Å². The largest absolute Gasteiger partial charge is 0.476 e. The smallest absolute Gasteiger partial charge is 0.327 e. The molecule has 4 heterocycles. The lowest BCUT2D eigenvalue weighted by molar-refractivity contribution is -0.144. The lowest BCUT2D eigenvalue weighted by atomic mass is 10.0. The minimum atomic E-state index is -0.458. The van der Waals surface area contributed by atoms with Crippen LogP contribution < -0.4 is 4.74 Å². The van der Waals surface area contributed by atoms with Gasteiger partial charge in [-0.3, -0.25) is 9.59 Å². The van der Waals surface area contributed by atoms with Crippen LogP contribution >= 0.6 is 28.4 Å². The van der Waals surface area contributed by atoms with Crippen molar-refractivity contribution in [2.45, 2.75) is 20.4 Å². The first kappa shape index (κ1) is 26.4. The monoisotopic (exact) mass is 647 g/mol. The molecule has 1 amide bonds. The van der Waals surface area contributed by atoms with Crippen molar-refractivity contribution in [3.05, 3.63) is 47.0 Å². The number of benzene rings is 1. The fourth-order valence-electron chi connectivity index (χ4n) is 4.48. The summed E-state index contributed by atoms with van der Waals surface area (Å²) in [6, 6.07) is 6.19. The highest BCUT2D eigenvalue weighted by Crippen LogP contribution is 2.36. The van der Waals surface area contributed by atoms with Crippen LogP contribution in [0.25, 0.3) is 34.2 Å². The maximum Gasteiger partial charge on any atom is 0.327 e. The van der Waals surface area contributed by atoms with Crippen LogP contribution in [0.15, 0.2) is 24.4 Å². The van der Waals surface area contributed by atoms with E-state index in [2.05, 4.69) is 44.4 Å². The summed E-state index contributed by atoms with van der Waals surface area (Å²) in [5, 5.41) is 14.7. The van der Waals surface area contributed by atoms with Crippen molar-refractivity contribution in [2.75, 3.05) is 26.8 Å². The van der Waals surface area contributed by atoms with Crippen molar-refractivity contribution in [3.8, 4) is 17.0 Å². The molecular weight excluding hydrogens is 620 g/mol. The third-order valence-corrected chi connectivity index (χ3v) is 8.24. The van der Waals surface area contributed by atoms with Gasteiger partial charge >= 0.3 is 5.97 Å². The number of amides is 1. The molecule has 1 aliphatic heterocycles. The highest BCUT2D eigenvalue weighted by molar-refractivity contribution is 14.2. The molecule has 0 aliphatic carbocycles. The number of aryl methyl sites for hydroxylation is 2. The number of likely N-dealkylation sites (N-methyl/N-ethyl adjacent to an activating group) is 1. The van der Waals surface area contributed by atoms with Crippen LogP contribution in [0.2, 0.25) is 0 Å². The molecule has 3 aromatic heterocycles. The van der Waals surface area contributed by atoms with Gasteiger partial charge < -0.3 is 14.4 Å². The number of rotatable bonds is 4. The first-order chi connectivity index (χ1) is 18.3. The lowest BCUT2D eigenvalue weighted by Crippen LogP contribution is -2.33. The van der Waals surface area contributed by atoms with Crippen molar-refractivity contribution >= 4 is 63.3 Å². The zero-order chi connectivity index (χ0) is 27.0. The molecule has 1 aliphatic rings. The second-order valence-electron chi connectivity index (χ2n) is 8.82. The third kappa shape index (κ3) is 4.82. The molecule has 198 valence electrons. The van der Waals surface area contributed by atoms with E-state index in [-0.39, 0.29) is 25.7 Å². The Bertz CT molecular complexity index is 1570. The summed E-state index contributed by atoms with van der Waals surface area (Å²) in [6.07, 6.45) is 5.95. The molecule has 11 nitrogen and oxygen atoms in total. The highest BCUT2D eigenvalue weighted by Gasteiger charge is 2.25. The number of hydrogen-bond acceptors (Lipinski definition) is 7. The Balaban J connectivity index is 1.69. The van der Waals surface area contributed by atoms with Crippen molar-refractivity contribution < 1.29 is 19.1 Å². The molecule has 38 heavy (non-hydrogen) atoms. The standard InChI is InChI=1S/C25H27IN7O4P/c1-5-36-22(34)14-32-23-17(15(2)28-32)7-8-20-18-12-16(6-9-21(18)33(29-20)38-26)19-13-27-31(4)25(19)37-11-10-30(3)24(23)35/h6-9,12-13,38H,5,10-11,14H2,1-4H3/b8-7+. The number of aromatic nitrogens is 6. The predicted octanol–water partition coefficient (Wildman–Crippen LogP) is 3.93. The first-order valence-corrected chi connectivity index (χ1v) is 16.1. The number of carbonyl (C=O) groups excluding carboxylic acids is 2. The van der Waals surface area contributed by atoms with Crippen LogP contribution in [0.3, 0.4) is 0 Å². The van der Waals surface area contributed by atoms with Gasteiger partial charge in [0.1, 0.15) is 18.8 Å². The Hall–Kier alpha value is -3.25. The lowest BCUT2D eigenvalue weighted by Gasteiger charge is -2.19. The molecule has 1 atom stereocenters. The molecule has 5 rings (SSSR count). The van der Waals surface area contributed by atoms with E-state index < -0.39 is 5.97 Å². The van der Waals surface area contributed by atoms with Gasteiger partial charge in [-0.15, -0.1) is 0 Å². The van der Waals surface area contributed by atoms with Gasteiger partial charge in [0.05, 0.1) is 48.2 Å². The van der Waals surface area contributed by atoms with Crippen molar-refractivity contribution in [2.24, 2.45) is 7.05 Å². The summed E-state index contributed by atoms with van der Waals surface area (Å²) >= 11 is 2.31. The van der Waals surface area contributed by atoms with Crippen LogP contribution in [-0.2, 0) is 23.1 Å². The molecule has 0 spiro atoms. The van der Waals surface area contributed by atoms with E-state index in [9.17, 15) is 9.59 Å². The maximum atomic E-state index is 13.7. The second kappa shape index (κ2) is 10.9. The Morgan fingerprint density at radius 3 is 2.82 bits per heavy atom. The first-order valence-electron chi connectivity index (χ1n) is 12.0. The minimum absolute atomic E-state index is 0.164. The normalized spacial score (nSPS) is 14.9. The van der Waals surface area contributed by atoms with Gasteiger partial charge in [0.15, 0.2) is 0 Å². The van der Waals surface area contributed by atoms with Gasteiger partial charge in [0.2, 0.25) is 5.88 Å². The number of halogens is 1. The van der Waals surface area contributed by atoms with Crippen molar-refractivity contribution in [3.63, 3.8) is 0 Å². The van der Waals surface area contributed by atoms with E-state index in [0.29, 0.717) is 35.7 Å². The molecule has 2 bridgehead atoms. The van der Waals surface area contributed by atoms with E-state index in [1.807, 2.05) is 36.6 Å². The summed E-state index contributed by atoms with van der Waals surface area (Å²) in [5.41, 5.74) is 5.16. The Kier molecular flexibility index (Phi) is 7.53. The molecule has 0 saturated carbocycles. The van der Waals surface area contributed by atoms with Crippen LogP contribution in [0.1, 0.15) is 34.4 Å². The summed E-state index contributed by atoms with van der Waals surface area (Å²) < 4.78 is 16.3. The van der Waals surface area contributed by atoms with Crippen LogP contribution in [-0.4, -0.2) is 72.7 Å². The number of ether oxygens (including phenoxy) is 2. The van der Waals surface area contributed by atoms with Gasteiger partial charge in [-0.25, -0.2) is 13.8 Å². The predicted molar refractivity (Wildman–Crippen MR) is 155 cm³/mol.